The molecule has 1 aliphatic heterocycles. The van der Waals surface area contributed by atoms with Gasteiger partial charge in [-0.15, -0.1) is 0 Å². The number of amides is 2. The molecule has 1 N–H and O–H groups in total. The highest BCUT2D eigenvalue weighted by Crippen LogP contribution is 2.28. The van der Waals surface area contributed by atoms with Crippen LogP contribution in [0.25, 0.3) is 0 Å². The highest BCUT2D eigenvalue weighted by Gasteiger charge is 2.22. The minimum absolute atomic E-state index is 0.00244. The minimum Gasteiger partial charge on any atom is -0.352 e. The van der Waals surface area contributed by atoms with Gasteiger partial charge in [0.1, 0.15) is 0 Å². The molecule has 0 bridgehead atoms. The van der Waals surface area contributed by atoms with Gasteiger partial charge in [0, 0.05) is 31.6 Å². The van der Waals surface area contributed by atoms with Crippen molar-refractivity contribution in [3.63, 3.8) is 0 Å². The van der Waals surface area contributed by atoms with Crippen LogP contribution in [-0.4, -0.2) is 18.4 Å². The zero-order valence-corrected chi connectivity index (χ0v) is 11.7. The summed E-state index contributed by atoms with van der Waals surface area (Å²) >= 11 is 0. The van der Waals surface area contributed by atoms with Gasteiger partial charge in [-0.3, -0.25) is 9.59 Å². The maximum absolute atomic E-state index is 11.5. The molecule has 0 saturated heterocycles. The van der Waals surface area contributed by atoms with Crippen LogP contribution in [0.1, 0.15) is 31.9 Å². The normalized spacial score (nSPS) is 13.6. The third kappa shape index (κ3) is 2.95. The van der Waals surface area contributed by atoms with Crippen LogP contribution < -0.4 is 10.2 Å². The van der Waals surface area contributed by atoms with Crippen molar-refractivity contribution in [2.45, 2.75) is 33.7 Å². The van der Waals surface area contributed by atoms with E-state index in [0.717, 1.165) is 24.2 Å². The molecule has 0 spiro atoms. The summed E-state index contributed by atoms with van der Waals surface area (Å²) in [5, 5.41) is 2.90. The van der Waals surface area contributed by atoms with Gasteiger partial charge in [0.05, 0.1) is 0 Å². The average Bonchev–Trinajstić information content (AvgIpc) is 2.78. The number of anilines is 1. The van der Waals surface area contributed by atoms with Crippen LogP contribution in [0.4, 0.5) is 5.69 Å². The highest BCUT2D eigenvalue weighted by molar-refractivity contribution is 5.93. The second-order valence-corrected chi connectivity index (χ2v) is 5.26. The van der Waals surface area contributed by atoms with E-state index in [2.05, 4.69) is 11.4 Å². The summed E-state index contributed by atoms with van der Waals surface area (Å²) in [4.78, 5) is 24.8. The molecule has 0 atom stereocenters. The first-order chi connectivity index (χ1) is 8.99. The molecule has 4 heteroatoms. The summed E-state index contributed by atoms with van der Waals surface area (Å²) in [5.41, 5.74) is 3.27. The lowest BCUT2D eigenvalue weighted by atomic mass is 10.1. The molecule has 102 valence electrons. The number of carbonyl (C=O) groups excluding carboxylic acids is 2. The summed E-state index contributed by atoms with van der Waals surface area (Å²) in [6.07, 6.45) is 0.890. The molecule has 1 heterocycles. The van der Waals surface area contributed by atoms with Gasteiger partial charge < -0.3 is 10.2 Å². The number of benzene rings is 1. The van der Waals surface area contributed by atoms with Gasteiger partial charge in [-0.05, 0) is 23.6 Å². The molecule has 2 rings (SSSR count). The monoisotopic (exact) mass is 260 g/mol. The van der Waals surface area contributed by atoms with Crippen molar-refractivity contribution in [3.05, 3.63) is 29.3 Å². The molecule has 0 aromatic heterocycles. The summed E-state index contributed by atoms with van der Waals surface area (Å²) in [7, 11) is 0. The fraction of sp³-hybridized carbons (Fsp3) is 0.467. The standard InChI is InChI=1S/C15H20N2O2/c1-10(2)15(19)16-9-12-4-5-14-13(8-12)6-7-17(14)11(3)18/h4-5,8,10H,6-7,9H2,1-3H3,(H,16,19). The van der Waals surface area contributed by atoms with Gasteiger partial charge in [0.25, 0.3) is 0 Å². The van der Waals surface area contributed by atoms with Crippen molar-refractivity contribution >= 4 is 17.5 Å². The van der Waals surface area contributed by atoms with Gasteiger partial charge in [-0.2, -0.15) is 0 Å². The molecule has 1 aromatic carbocycles. The zero-order valence-electron chi connectivity index (χ0n) is 11.7. The Balaban J connectivity index is 2.07. The van der Waals surface area contributed by atoms with E-state index in [9.17, 15) is 9.59 Å². The lowest BCUT2D eigenvalue weighted by Crippen LogP contribution is -2.27. The Morgan fingerprint density at radius 3 is 2.74 bits per heavy atom. The van der Waals surface area contributed by atoms with Crippen molar-refractivity contribution in [2.75, 3.05) is 11.4 Å². The number of rotatable bonds is 3. The molecule has 1 aromatic rings. The Labute approximate surface area is 113 Å². The maximum Gasteiger partial charge on any atom is 0.223 e. The van der Waals surface area contributed by atoms with Crippen LogP contribution in [0.2, 0.25) is 0 Å². The lowest BCUT2D eigenvalue weighted by molar-refractivity contribution is -0.124. The van der Waals surface area contributed by atoms with E-state index in [4.69, 9.17) is 0 Å². The lowest BCUT2D eigenvalue weighted by Gasteiger charge is -2.15. The summed E-state index contributed by atoms with van der Waals surface area (Å²) in [6.45, 7) is 6.65. The fourth-order valence-electron chi connectivity index (χ4n) is 2.29. The number of nitrogens with one attached hydrogen (secondary N) is 1. The number of fused-ring (bicyclic) bond motifs is 1. The number of hydrogen-bond donors (Lipinski definition) is 1. The third-order valence-electron chi connectivity index (χ3n) is 3.41. The predicted molar refractivity (Wildman–Crippen MR) is 74.9 cm³/mol. The Morgan fingerprint density at radius 1 is 1.37 bits per heavy atom. The smallest absolute Gasteiger partial charge is 0.223 e. The second kappa shape index (κ2) is 5.43. The molecule has 1 aliphatic rings. The largest absolute Gasteiger partial charge is 0.352 e. The van der Waals surface area contributed by atoms with Crippen molar-refractivity contribution in [3.8, 4) is 0 Å². The second-order valence-electron chi connectivity index (χ2n) is 5.26. The Bertz CT molecular complexity index is 509. The molecule has 2 amide bonds. The maximum atomic E-state index is 11.5. The van der Waals surface area contributed by atoms with E-state index in [-0.39, 0.29) is 17.7 Å². The molecule has 0 saturated carbocycles. The Kier molecular flexibility index (Phi) is 3.88. The van der Waals surface area contributed by atoms with E-state index in [1.54, 1.807) is 11.8 Å². The number of hydrogen-bond acceptors (Lipinski definition) is 2. The molecule has 4 nitrogen and oxygen atoms in total. The number of nitrogens with zero attached hydrogens (tertiary/aromatic N) is 1. The fourth-order valence-corrected chi connectivity index (χ4v) is 2.29. The third-order valence-corrected chi connectivity index (χ3v) is 3.41. The van der Waals surface area contributed by atoms with Crippen LogP contribution in [-0.2, 0) is 22.6 Å². The average molecular weight is 260 g/mol. The van der Waals surface area contributed by atoms with Crippen LogP contribution >= 0.6 is 0 Å². The molecule has 19 heavy (non-hydrogen) atoms. The molecule has 0 aliphatic carbocycles. The molecular formula is C15H20N2O2. The van der Waals surface area contributed by atoms with Gasteiger partial charge in [0.2, 0.25) is 11.8 Å². The van der Waals surface area contributed by atoms with Gasteiger partial charge in [0.15, 0.2) is 0 Å². The van der Waals surface area contributed by atoms with Crippen LogP contribution in [0.3, 0.4) is 0 Å². The van der Waals surface area contributed by atoms with E-state index < -0.39 is 0 Å². The predicted octanol–water partition coefficient (Wildman–Crippen LogP) is 1.87. The van der Waals surface area contributed by atoms with E-state index in [1.807, 2.05) is 26.0 Å². The van der Waals surface area contributed by atoms with E-state index >= 15 is 0 Å². The summed E-state index contributed by atoms with van der Waals surface area (Å²) in [5.74, 6) is 0.146. The topological polar surface area (TPSA) is 49.4 Å². The van der Waals surface area contributed by atoms with Crippen molar-refractivity contribution < 1.29 is 9.59 Å². The first-order valence-electron chi connectivity index (χ1n) is 6.66. The Morgan fingerprint density at radius 2 is 2.11 bits per heavy atom. The highest BCUT2D eigenvalue weighted by atomic mass is 16.2. The van der Waals surface area contributed by atoms with Gasteiger partial charge >= 0.3 is 0 Å². The molecule has 0 radical (unpaired) electrons. The molecule has 0 unspecified atom stereocenters. The van der Waals surface area contributed by atoms with Gasteiger partial charge in [-0.1, -0.05) is 26.0 Å². The van der Waals surface area contributed by atoms with Crippen LogP contribution in [0, 0.1) is 5.92 Å². The van der Waals surface area contributed by atoms with Crippen molar-refractivity contribution in [1.82, 2.24) is 5.32 Å². The molecular weight excluding hydrogens is 240 g/mol. The van der Waals surface area contributed by atoms with Crippen molar-refractivity contribution in [1.29, 1.82) is 0 Å². The van der Waals surface area contributed by atoms with E-state index in [0.29, 0.717) is 6.54 Å². The summed E-state index contributed by atoms with van der Waals surface area (Å²) < 4.78 is 0. The van der Waals surface area contributed by atoms with E-state index in [1.165, 1.54) is 5.56 Å². The Hall–Kier alpha value is -1.84. The van der Waals surface area contributed by atoms with Gasteiger partial charge in [-0.25, -0.2) is 0 Å². The SMILES string of the molecule is CC(=O)N1CCc2cc(CNC(=O)C(C)C)ccc21. The molecule has 0 fully saturated rings. The first-order valence-corrected chi connectivity index (χ1v) is 6.66. The summed E-state index contributed by atoms with van der Waals surface area (Å²) in [6, 6.07) is 6.03. The van der Waals surface area contributed by atoms with Crippen LogP contribution in [0.5, 0.6) is 0 Å². The minimum atomic E-state index is 0.00244. The number of carbonyl (C=O) groups is 2. The quantitative estimate of drug-likeness (QED) is 0.902. The van der Waals surface area contributed by atoms with Crippen molar-refractivity contribution in [2.24, 2.45) is 5.92 Å². The first kappa shape index (κ1) is 13.6. The van der Waals surface area contributed by atoms with Crippen LogP contribution in [0.15, 0.2) is 18.2 Å². The zero-order chi connectivity index (χ0) is 14.0.